The summed E-state index contributed by atoms with van der Waals surface area (Å²) in [6, 6.07) is 0. The fourth-order valence-electron chi connectivity index (χ4n) is 3.89. The fraction of sp³-hybridized carbons (Fsp3) is 0.647. The molecule has 1 amide bonds. The number of nitrogen functional groups attached to an aromatic ring is 1. The first-order chi connectivity index (χ1) is 15.4. The average molecular weight is 469 g/mol. The molecule has 4 heterocycles. The molecule has 2 aromatic heterocycles. The van der Waals surface area contributed by atoms with E-state index >= 15 is 0 Å². The van der Waals surface area contributed by atoms with Gasteiger partial charge in [0, 0.05) is 0 Å². The van der Waals surface area contributed by atoms with Gasteiger partial charge >= 0.3 is 180 Å². The monoisotopic (exact) mass is 469 g/mol. The molecule has 32 heavy (non-hydrogen) atoms. The predicted octanol–water partition coefficient (Wildman–Crippen LogP) is -0.629. The van der Waals surface area contributed by atoms with Crippen molar-refractivity contribution in [1.82, 2.24) is 24.8 Å². The van der Waals surface area contributed by atoms with Crippen LogP contribution in [0.15, 0.2) is 12.7 Å². The molecule has 6 N–H and O–H groups in total. The number of alkyl carbamates (subject to hydrolysis) is 1. The summed E-state index contributed by atoms with van der Waals surface area (Å²) in [4.78, 5) is 35.3. The van der Waals surface area contributed by atoms with Gasteiger partial charge in [0.15, 0.2) is 0 Å². The Hall–Kier alpha value is -2.09. The molecule has 0 aliphatic carbocycles. The SMILES string of the molecule is B[PH]1(O)OC[C@H]2O[C@@H](n3cnc4c(N)ncnc43)C(OC(=O)NCCCCCCN)[C@H]2O1. The molecule has 4 atom stereocenters. The number of aromatic nitrogens is 4. The molecule has 1 unspecified atom stereocenters. The Bertz CT molecular complexity index is 949. The number of hydrogen-bond acceptors (Lipinski definition) is 11. The summed E-state index contributed by atoms with van der Waals surface area (Å²) in [6.07, 6.45) is 3.07. The van der Waals surface area contributed by atoms with Crippen LogP contribution in [0.25, 0.3) is 11.2 Å². The Balaban J connectivity index is 1.50. The normalized spacial score (nSPS) is 27.7. The van der Waals surface area contributed by atoms with Crippen molar-refractivity contribution >= 4 is 38.5 Å². The Morgan fingerprint density at radius 1 is 1.34 bits per heavy atom. The molecule has 0 bridgehead atoms. The Morgan fingerprint density at radius 2 is 2.16 bits per heavy atom. The number of hydrogen-bond donors (Lipinski definition) is 4. The van der Waals surface area contributed by atoms with E-state index in [0.717, 1.165) is 25.7 Å². The van der Waals surface area contributed by atoms with E-state index in [9.17, 15) is 9.69 Å². The van der Waals surface area contributed by atoms with Crippen molar-refractivity contribution in [1.29, 1.82) is 0 Å². The van der Waals surface area contributed by atoms with E-state index in [1.165, 1.54) is 20.2 Å². The zero-order chi connectivity index (χ0) is 22.7. The number of ether oxygens (including phenoxy) is 2. The van der Waals surface area contributed by atoms with Crippen LogP contribution in [0.4, 0.5) is 10.6 Å². The van der Waals surface area contributed by atoms with E-state index in [4.69, 9.17) is 30.0 Å². The van der Waals surface area contributed by atoms with E-state index in [0.29, 0.717) is 24.3 Å². The summed E-state index contributed by atoms with van der Waals surface area (Å²) < 4.78 is 24.7. The molecule has 2 aliphatic rings. The first-order valence-corrected chi connectivity index (χ1v) is 12.9. The van der Waals surface area contributed by atoms with Crippen molar-refractivity contribution in [3.05, 3.63) is 12.7 Å². The minimum absolute atomic E-state index is 0.118. The first kappa shape index (κ1) is 23.1. The second-order valence-electron chi connectivity index (χ2n) is 7.94. The van der Waals surface area contributed by atoms with Gasteiger partial charge in [0.25, 0.3) is 0 Å². The summed E-state index contributed by atoms with van der Waals surface area (Å²) in [6.45, 7) is 1.26. The number of fused-ring (bicyclic) bond motifs is 2. The molecule has 2 aliphatic heterocycles. The summed E-state index contributed by atoms with van der Waals surface area (Å²) in [5.74, 6) is 0.226. The van der Waals surface area contributed by atoms with Crippen molar-refractivity contribution < 1.29 is 28.2 Å². The maximum absolute atomic E-state index is 12.5. The van der Waals surface area contributed by atoms with Crippen LogP contribution in [0.2, 0.25) is 0 Å². The Morgan fingerprint density at radius 3 is 2.97 bits per heavy atom. The van der Waals surface area contributed by atoms with Gasteiger partial charge in [-0.1, -0.05) is 0 Å². The molecular weight excluding hydrogens is 440 g/mol. The van der Waals surface area contributed by atoms with Crippen LogP contribution in [0.3, 0.4) is 0 Å². The molecule has 2 saturated heterocycles. The van der Waals surface area contributed by atoms with Crippen LogP contribution in [0, 0.1) is 0 Å². The molecule has 0 spiro atoms. The van der Waals surface area contributed by atoms with Crippen molar-refractivity contribution in [2.75, 3.05) is 25.4 Å². The molecule has 0 aromatic carbocycles. The number of carbonyl (C=O) groups is 1. The molecular formula is C17H29BN7O6P. The number of unbranched alkanes of at least 4 members (excludes halogenated alkanes) is 3. The van der Waals surface area contributed by atoms with Crippen LogP contribution >= 0.6 is 7.82 Å². The van der Waals surface area contributed by atoms with Crippen molar-refractivity contribution in [3.63, 3.8) is 0 Å². The number of imidazole rings is 1. The van der Waals surface area contributed by atoms with Gasteiger partial charge < -0.3 is 5.73 Å². The standard InChI is InChI=1S/C17H29BN7O6P/c18-32(27)28-7-10-12(31-32)13(30-17(26)21-6-4-2-1-3-5-19)16(29-10)25-9-24-11-14(20)22-8-23-15(11)25/h8-10,12-13,16,27,32H,1-7,18-19H2,(H,21,26)(H2,20,22,23)/t10-,12+,13?,16-/m1/s1. The molecule has 2 aromatic rings. The van der Waals surface area contributed by atoms with Gasteiger partial charge in [0.1, 0.15) is 0 Å². The van der Waals surface area contributed by atoms with E-state index in [1.54, 1.807) is 4.57 Å². The van der Waals surface area contributed by atoms with Crippen LogP contribution in [0.5, 0.6) is 0 Å². The minimum atomic E-state index is -3.36. The molecule has 15 heteroatoms. The summed E-state index contributed by atoms with van der Waals surface area (Å²) in [7, 11) is -1.85. The number of amides is 1. The van der Waals surface area contributed by atoms with Crippen LogP contribution in [0.1, 0.15) is 31.9 Å². The number of carbonyl (C=O) groups excluding carboxylic acids is 1. The van der Waals surface area contributed by atoms with Crippen molar-refractivity contribution in [2.24, 2.45) is 5.73 Å². The number of nitrogens with two attached hydrogens (primary N) is 2. The van der Waals surface area contributed by atoms with Crippen molar-refractivity contribution in [2.45, 2.75) is 50.2 Å². The van der Waals surface area contributed by atoms with E-state index < -0.39 is 38.5 Å². The van der Waals surface area contributed by atoms with Crippen LogP contribution < -0.4 is 16.8 Å². The molecule has 4 rings (SSSR count). The van der Waals surface area contributed by atoms with E-state index in [1.807, 2.05) is 0 Å². The average Bonchev–Trinajstić information content (AvgIpc) is 3.32. The van der Waals surface area contributed by atoms with Crippen molar-refractivity contribution in [3.8, 4) is 0 Å². The topological polar surface area (TPSA) is 182 Å². The quantitative estimate of drug-likeness (QED) is 0.219. The van der Waals surface area contributed by atoms with Gasteiger partial charge in [0.2, 0.25) is 0 Å². The zero-order valence-electron chi connectivity index (χ0n) is 17.8. The summed E-state index contributed by atoms with van der Waals surface area (Å²) in [5, 5.41) is 2.76. The molecule has 13 nitrogen and oxygen atoms in total. The van der Waals surface area contributed by atoms with Crippen LogP contribution in [-0.2, 0) is 18.5 Å². The summed E-state index contributed by atoms with van der Waals surface area (Å²) >= 11 is 0. The number of nitrogens with zero attached hydrogens (tertiary/aromatic N) is 4. The van der Waals surface area contributed by atoms with Gasteiger partial charge in [-0.3, -0.25) is 0 Å². The third kappa shape index (κ3) is 4.95. The second kappa shape index (κ2) is 9.81. The van der Waals surface area contributed by atoms with Gasteiger partial charge in [0.05, 0.1) is 0 Å². The Labute approximate surface area is 186 Å². The summed E-state index contributed by atoms with van der Waals surface area (Å²) in [5.41, 5.74) is 12.2. The first-order valence-electron chi connectivity index (χ1n) is 10.7. The maximum atomic E-state index is 12.5. The van der Waals surface area contributed by atoms with Gasteiger partial charge in [-0.15, -0.1) is 0 Å². The fourth-order valence-corrected chi connectivity index (χ4v) is 5.22. The second-order valence-corrected chi connectivity index (χ2v) is 10.3. The Kier molecular flexibility index (Phi) is 7.08. The molecule has 0 saturated carbocycles. The molecule has 176 valence electrons. The predicted molar refractivity (Wildman–Crippen MR) is 119 cm³/mol. The number of anilines is 1. The number of nitrogens with one attached hydrogen (secondary N) is 1. The third-order valence-corrected chi connectivity index (χ3v) is 6.87. The van der Waals surface area contributed by atoms with E-state index in [2.05, 4.69) is 20.3 Å². The van der Waals surface area contributed by atoms with Crippen LogP contribution in [-0.4, -0.2) is 76.1 Å². The van der Waals surface area contributed by atoms with E-state index in [-0.39, 0.29) is 12.4 Å². The molecule has 0 radical (unpaired) electrons. The zero-order valence-corrected chi connectivity index (χ0v) is 18.8. The third-order valence-electron chi connectivity index (χ3n) is 5.46. The number of rotatable bonds is 8. The van der Waals surface area contributed by atoms with Gasteiger partial charge in [-0.05, 0) is 0 Å². The molecule has 2 fully saturated rings. The van der Waals surface area contributed by atoms with Gasteiger partial charge in [-0.2, -0.15) is 0 Å². The van der Waals surface area contributed by atoms with Gasteiger partial charge in [-0.25, -0.2) is 0 Å².